The Morgan fingerprint density at radius 2 is 1.88 bits per heavy atom. The van der Waals surface area contributed by atoms with Gasteiger partial charge in [-0.25, -0.2) is 4.79 Å². The van der Waals surface area contributed by atoms with Crippen LogP contribution in [0.5, 0.6) is 0 Å². The molecule has 0 heterocycles. The monoisotopic (exact) mass is 222 g/mol. The van der Waals surface area contributed by atoms with Gasteiger partial charge in [0.15, 0.2) is 5.78 Å². The van der Waals surface area contributed by atoms with E-state index in [1.165, 1.54) is 20.1 Å². The van der Waals surface area contributed by atoms with Crippen molar-refractivity contribution in [1.29, 1.82) is 0 Å². The number of carbonyl (C=O) groups excluding carboxylic acids is 2. The first-order chi connectivity index (χ1) is 7.65. The summed E-state index contributed by atoms with van der Waals surface area (Å²) in [5.74, 6) is -0.522. The molecule has 0 atom stereocenters. The van der Waals surface area contributed by atoms with E-state index in [1.54, 1.807) is 18.2 Å². The highest BCUT2D eigenvalue weighted by Crippen LogP contribution is 2.07. The van der Waals surface area contributed by atoms with Gasteiger partial charge in [-0.1, -0.05) is 12.1 Å². The van der Waals surface area contributed by atoms with E-state index in [0.29, 0.717) is 17.7 Å². The molecule has 0 aliphatic heterocycles. The molecular formula is C12H14O4. The molecule has 1 aromatic rings. The van der Waals surface area contributed by atoms with Gasteiger partial charge >= 0.3 is 5.97 Å². The smallest absolute Gasteiger partial charge is 0.338 e. The second kappa shape index (κ2) is 6.02. The molecule has 16 heavy (non-hydrogen) atoms. The minimum absolute atomic E-state index is 0.0773. The summed E-state index contributed by atoms with van der Waals surface area (Å²) in [4.78, 5) is 22.6. The summed E-state index contributed by atoms with van der Waals surface area (Å²) in [7, 11) is 1.53. The summed E-state index contributed by atoms with van der Waals surface area (Å²) in [6.07, 6.45) is 0. The molecule has 86 valence electrons. The zero-order valence-corrected chi connectivity index (χ0v) is 9.36. The average molecular weight is 222 g/mol. The number of hydrogen-bond acceptors (Lipinski definition) is 4. The van der Waals surface area contributed by atoms with Crippen LogP contribution in [0.3, 0.4) is 0 Å². The first kappa shape index (κ1) is 12.4. The number of esters is 1. The Kier molecular flexibility index (Phi) is 4.66. The normalized spacial score (nSPS) is 9.88. The molecule has 0 aromatic heterocycles. The summed E-state index contributed by atoms with van der Waals surface area (Å²) >= 11 is 0. The molecule has 0 fully saturated rings. The SMILES string of the molecule is COCCOC(=O)c1cccc(C(C)=O)c1. The Hall–Kier alpha value is -1.68. The fourth-order valence-electron chi connectivity index (χ4n) is 1.17. The average Bonchev–Trinajstić information content (AvgIpc) is 2.29. The number of ketones is 1. The van der Waals surface area contributed by atoms with Crippen LogP contribution in [-0.2, 0) is 9.47 Å². The Morgan fingerprint density at radius 3 is 2.50 bits per heavy atom. The molecule has 0 spiro atoms. The molecule has 1 aromatic carbocycles. The molecule has 0 unspecified atom stereocenters. The fourth-order valence-corrected chi connectivity index (χ4v) is 1.17. The van der Waals surface area contributed by atoms with Crippen molar-refractivity contribution in [2.45, 2.75) is 6.92 Å². The topological polar surface area (TPSA) is 52.6 Å². The molecule has 4 heteroatoms. The van der Waals surface area contributed by atoms with E-state index in [2.05, 4.69) is 0 Å². The van der Waals surface area contributed by atoms with Gasteiger partial charge in [-0.3, -0.25) is 4.79 Å². The van der Waals surface area contributed by atoms with Crippen LogP contribution in [0.25, 0.3) is 0 Å². The zero-order valence-electron chi connectivity index (χ0n) is 9.36. The molecule has 0 saturated carbocycles. The first-order valence-electron chi connectivity index (χ1n) is 4.92. The van der Waals surface area contributed by atoms with Crippen molar-refractivity contribution >= 4 is 11.8 Å². The van der Waals surface area contributed by atoms with Crippen molar-refractivity contribution in [3.8, 4) is 0 Å². The lowest BCUT2D eigenvalue weighted by Crippen LogP contribution is -2.10. The largest absolute Gasteiger partial charge is 0.460 e. The van der Waals surface area contributed by atoms with E-state index in [0.717, 1.165) is 0 Å². The number of rotatable bonds is 5. The van der Waals surface area contributed by atoms with Crippen LogP contribution in [0.4, 0.5) is 0 Å². The maximum Gasteiger partial charge on any atom is 0.338 e. The number of Topliss-reactive ketones (excluding diaryl/α,β-unsaturated/α-hetero) is 1. The van der Waals surface area contributed by atoms with Crippen LogP contribution in [0, 0.1) is 0 Å². The maximum atomic E-state index is 11.5. The van der Waals surface area contributed by atoms with Crippen LogP contribution in [0.15, 0.2) is 24.3 Å². The van der Waals surface area contributed by atoms with Crippen LogP contribution in [0.1, 0.15) is 27.6 Å². The van der Waals surface area contributed by atoms with Gasteiger partial charge in [0.25, 0.3) is 0 Å². The molecule has 0 bridgehead atoms. The highest BCUT2D eigenvalue weighted by atomic mass is 16.6. The highest BCUT2D eigenvalue weighted by molar-refractivity contribution is 5.97. The molecule has 0 aliphatic carbocycles. The summed E-state index contributed by atoms with van der Waals surface area (Å²) < 4.78 is 9.69. The van der Waals surface area contributed by atoms with E-state index in [-0.39, 0.29) is 12.4 Å². The number of ether oxygens (including phenoxy) is 2. The van der Waals surface area contributed by atoms with Gasteiger partial charge in [-0.2, -0.15) is 0 Å². The molecular weight excluding hydrogens is 208 g/mol. The standard InChI is InChI=1S/C12H14O4/c1-9(13)10-4-3-5-11(8-10)12(14)16-7-6-15-2/h3-5,8H,6-7H2,1-2H3. The third-order valence-corrected chi connectivity index (χ3v) is 2.03. The summed E-state index contributed by atoms with van der Waals surface area (Å²) in [5, 5.41) is 0. The van der Waals surface area contributed by atoms with E-state index < -0.39 is 5.97 Å². The Bertz CT molecular complexity index is 384. The minimum atomic E-state index is -0.444. The van der Waals surface area contributed by atoms with E-state index in [9.17, 15) is 9.59 Å². The van der Waals surface area contributed by atoms with Gasteiger partial charge in [-0.05, 0) is 19.1 Å². The zero-order chi connectivity index (χ0) is 12.0. The summed E-state index contributed by atoms with van der Waals surface area (Å²) in [6.45, 7) is 2.02. The predicted molar refractivity (Wildman–Crippen MR) is 58.6 cm³/mol. The molecule has 4 nitrogen and oxygen atoms in total. The lowest BCUT2D eigenvalue weighted by Gasteiger charge is -2.04. The summed E-state index contributed by atoms with van der Waals surface area (Å²) in [5.41, 5.74) is 0.880. The van der Waals surface area contributed by atoms with Gasteiger partial charge in [0.2, 0.25) is 0 Å². The van der Waals surface area contributed by atoms with Crippen molar-refractivity contribution in [3.63, 3.8) is 0 Å². The molecule has 0 amide bonds. The fraction of sp³-hybridized carbons (Fsp3) is 0.333. The second-order valence-corrected chi connectivity index (χ2v) is 3.27. The third-order valence-electron chi connectivity index (χ3n) is 2.03. The first-order valence-corrected chi connectivity index (χ1v) is 4.92. The van der Waals surface area contributed by atoms with Crippen molar-refractivity contribution in [2.75, 3.05) is 20.3 Å². The number of methoxy groups -OCH3 is 1. The lowest BCUT2D eigenvalue weighted by atomic mass is 10.1. The van der Waals surface area contributed by atoms with Crippen LogP contribution >= 0.6 is 0 Å². The maximum absolute atomic E-state index is 11.5. The number of carbonyl (C=O) groups is 2. The van der Waals surface area contributed by atoms with E-state index in [1.807, 2.05) is 0 Å². The predicted octanol–water partition coefficient (Wildman–Crippen LogP) is 1.69. The van der Waals surface area contributed by atoms with E-state index >= 15 is 0 Å². The Morgan fingerprint density at radius 1 is 1.19 bits per heavy atom. The van der Waals surface area contributed by atoms with Crippen LogP contribution in [-0.4, -0.2) is 32.1 Å². The van der Waals surface area contributed by atoms with Crippen LogP contribution < -0.4 is 0 Å². The van der Waals surface area contributed by atoms with Crippen molar-refractivity contribution in [2.24, 2.45) is 0 Å². The van der Waals surface area contributed by atoms with Crippen molar-refractivity contribution < 1.29 is 19.1 Å². The molecule has 1 rings (SSSR count). The van der Waals surface area contributed by atoms with Crippen LogP contribution in [0.2, 0.25) is 0 Å². The third kappa shape index (κ3) is 3.47. The molecule has 0 radical (unpaired) electrons. The number of hydrogen-bond donors (Lipinski definition) is 0. The molecule has 0 aliphatic rings. The highest BCUT2D eigenvalue weighted by Gasteiger charge is 2.08. The van der Waals surface area contributed by atoms with E-state index in [4.69, 9.17) is 9.47 Å². The molecule has 0 N–H and O–H groups in total. The lowest BCUT2D eigenvalue weighted by molar-refractivity contribution is 0.0388. The second-order valence-electron chi connectivity index (χ2n) is 3.27. The van der Waals surface area contributed by atoms with Gasteiger partial charge in [0, 0.05) is 12.7 Å². The van der Waals surface area contributed by atoms with Crippen molar-refractivity contribution in [3.05, 3.63) is 35.4 Å². The Labute approximate surface area is 94.2 Å². The van der Waals surface area contributed by atoms with Gasteiger partial charge < -0.3 is 9.47 Å². The minimum Gasteiger partial charge on any atom is -0.460 e. The van der Waals surface area contributed by atoms with Gasteiger partial charge in [0.1, 0.15) is 6.61 Å². The van der Waals surface area contributed by atoms with Crippen molar-refractivity contribution in [1.82, 2.24) is 0 Å². The molecule has 0 saturated heterocycles. The van der Waals surface area contributed by atoms with Gasteiger partial charge in [-0.15, -0.1) is 0 Å². The Balaban J connectivity index is 2.68. The quantitative estimate of drug-likeness (QED) is 0.432. The summed E-state index contributed by atoms with van der Waals surface area (Å²) in [6, 6.07) is 6.46. The number of benzene rings is 1. The van der Waals surface area contributed by atoms with Gasteiger partial charge in [0.05, 0.1) is 12.2 Å².